The Morgan fingerprint density at radius 1 is 1.23 bits per heavy atom. The minimum atomic E-state index is 0.652. The lowest BCUT2D eigenvalue weighted by Crippen LogP contribution is -2.32. The third-order valence-electron chi connectivity index (χ3n) is 2.17. The second-order valence-corrected chi connectivity index (χ2v) is 4.40. The smallest absolute Gasteiger partial charge is 0.00507 e. The molecular weight excluding hydrogens is 160 g/mol. The highest BCUT2D eigenvalue weighted by molar-refractivity contribution is 4.62. The summed E-state index contributed by atoms with van der Waals surface area (Å²) in [5.74, 6) is 0.777. The predicted octanol–water partition coefficient (Wildman–Crippen LogP) is 1.96. The van der Waals surface area contributed by atoms with Gasteiger partial charge in [0, 0.05) is 12.6 Å². The molecule has 0 aromatic rings. The topological polar surface area (TPSA) is 15.3 Å². The molecule has 0 aliphatic heterocycles. The van der Waals surface area contributed by atoms with Gasteiger partial charge in [0.2, 0.25) is 0 Å². The van der Waals surface area contributed by atoms with Crippen molar-refractivity contribution in [2.24, 2.45) is 5.92 Å². The molecule has 1 N–H and O–H groups in total. The first kappa shape index (κ1) is 12.9. The fourth-order valence-corrected chi connectivity index (χ4v) is 1.58. The van der Waals surface area contributed by atoms with Crippen LogP contribution in [0.2, 0.25) is 0 Å². The maximum atomic E-state index is 3.43. The molecule has 0 rings (SSSR count). The highest BCUT2D eigenvalue weighted by Gasteiger charge is 2.04. The summed E-state index contributed by atoms with van der Waals surface area (Å²) in [6, 6.07) is 0.652. The molecule has 0 saturated heterocycles. The van der Waals surface area contributed by atoms with Gasteiger partial charge in [-0.2, -0.15) is 0 Å². The quantitative estimate of drug-likeness (QED) is 0.654. The molecule has 0 aromatic heterocycles. The Morgan fingerprint density at radius 2 is 1.85 bits per heavy atom. The van der Waals surface area contributed by atoms with Gasteiger partial charge in [-0.25, -0.2) is 0 Å². The van der Waals surface area contributed by atoms with Crippen LogP contribution in [0, 0.1) is 5.92 Å². The van der Waals surface area contributed by atoms with Gasteiger partial charge in [-0.1, -0.05) is 20.8 Å². The molecule has 1 atom stereocenters. The average Bonchev–Trinajstić information content (AvgIpc) is 2.00. The first-order chi connectivity index (χ1) is 6.06. The number of rotatable bonds is 7. The number of nitrogens with zero attached hydrogens (tertiary/aromatic N) is 1. The minimum Gasteiger partial charge on any atom is -0.314 e. The van der Waals surface area contributed by atoms with Crippen LogP contribution < -0.4 is 5.32 Å². The van der Waals surface area contributed by atoms with Crippen LogP contribution in [0.3, 0.4) is 0 Å². The summed E-state index contributed by atoms with van der Waals surface area (Å²) in [5, 5.41) is 3.43. The van der Waals surface area contributed by atoms with Gasteiger partial charge in [-0.3, -0.25) is 0 Å². The van der Waals surface area contributed by atoms with Gasteiger partial charge in [0.25, 0.3) is 0 Å². The lowest BCUT2D eigenvalue weighted by Gasteiger charge is -2.21. The normalized spacial score (nSPS) is 14.1. The van der Waals surface area contributed by atoms with Gasteiger partial charge >= 0.3 is 0 Å². The Labute approximate surface area is 83.7 Å². The van der Waals surface area contributed by atoms with Crippen LogP contribution in [-0.2, 0) is 0 Å². The second-order valence-electron chi connectivity index (χ2n) is 4.40. The summed E-state index contributed by atoms with van der Waals surface area (Å²) in [5.41, 5.74) is 0. The summed E-state index contributed by atoms with van der Waals surface area (Å²) in [7, 11) is 2.21. The zero-order chi connectivity index (χ0) is 10.3. The Morgan fingerprint density at radius 3 is 2.31 bits per heavy atom. The average molecular weight is 186 g/mol. The van der Waals surface area contributed by atoms with Crippen molar-refractivity contribution in [3.63, 3.8) is 0 Å². The zero-order valence-corrected chi connectivity index (χ0v) is 9.93. The Hall–Kier alpha value is -0.0800. The van der Waals surface area contributed by atoms with E-state index in [2.05, 4.69) is 45.0 Å². The molecular formula is C11H26N2. The van der Waals surface area contributed by atoms with Crippen LogP contribution in [-0.4, -0.2) is 37.6 Å². The predicted molar refractivity (Wildman–Crippen MR) is 60.1 cm³/mol. The van der Waals surface area contributed by atoms with Crippen LogP contribution in [0.1, 0.15) is 34.1 Å². The van der Waals surface area contributed by atoms with E-state index in [1.807, 2.05) is 0 Å². The van der Waals surface area contributed by atoms with Crippen molar-refractivity contribution in [2.75, 3.05) is 26.7 Å². The SMILES string of the molecule is CCNC(C)CCN(C)CC(C)C. The lowest BCUT2D eigenvalue weighted by molar-refractivity contribution is 0.280. The third kappa shape index (κ3) is 8.26. The van der Waals surface area contributed by atoms with Gasteiger partial charge in [0.05, 0.1) is 0 Å². The van der Waals surface area contributed by atoms with E-state index in [1.165, 1.54) is 19.5 Å². The minimum absolute atomic E-state index is 0.652. The summed E-state index contributed by atoms with van der Waals surface area (Å²) in [6.07, 6.45) is 1.25. The first-order valence-corrected chi connectivity index (χ1v) is 5.48. The van der Waals surface area contributed by atoms with E-state index in [0.717, 1.165) is 12.5 Å². The molecule has 2 heteroatoms. The molecule has 0 bridgehead atoms. The molecule has 0 saturated carbocycles. The Bertz CT molecular complexity index is 113. The molecule has 1 unspecified atom stereocenters. The molecule has 80 valence electrons. The molecule has 0 aliphatic carbocycles. The zero-order valence-electron chi connectivity index (χ0n) is 9.93. The van der Waals surface area contributed by atoms with Crippen molar-refractivity contribution >= 4 is 0 Å². The molecule has 2 nitrogen and oxygen atoms in total. The van der Waals surface area contributed by atoms with E-state index in [0.29, 0.717) is 6.04 Å². The lowest BCUT2D eigenvalue weighted by atomic mass is 10.2. The number of hydrogen-bond acceptors (Lipinski definition) is 2. The van der Waals surface area contributed by atoms with Crippen LogP contribution in [0.15, 0.2) is 0 Å². The first-order valence-electron chi connectivity index (χ1n) is 5.48. The molecule has 0 heterocycles. The van der Waals surface area contributed by atoms with Crippen molar-refractivity contribution < 1.29 is 0 Å². The van der Waals surface area contributed by atoms with E-state index < -0.39 is 0 Å². The molecule has 0 aliphatic rings. The highest BCUT2D eigenvalue weighted by atomic mass is 15.1. The largest absolute Gasteiger partial charge is 0.314 e. The maximum Gasteiger partial charge on any atom is 0.00507 e. The van der Waals surface area contributed by atoms with Crippen molar-refractivity contribution in [3.8, 4) is 0 Å². The fourth-order valence-electron chi connectivity index (χ4n) is 1.58. The molecule has 0 radical (unpaired) electrons. The standard InChI is InChI=1S/C11H26N2/c1-6-12-11(4)7-8-13(5)9-10(2)3/h10-12H,6-9H2,1-5H3. The maximum absolute atomic E-state index is 3.43. The monoisotopic (exact) mass is 186 g/mol. The third-order valence-corrected chi connectivity index (χ3v) is 2.17. The van der Waals surface area contributed by atoms with Gasteiger partial charge in [0.15, 0.2) is 0 Å². The van der Waals surface area contributed by atoms with Gasteiger partial charge < -0.3 is 10.2 Å². The Balaban J connectivity index is 3.40. The molecule has 0 spiro atoms. The van der Waals surface area contributed by atoms with Crippen molar-refractivity contribution in [1.82, 2.24) is 10.2 Å². The van der Waals surface area contributed by atoms with Gasteiger partial charge in [-0.05, 0) is 39.4 Å². The van der Waals surface area contributed by atoms with E-state index >= 15 is 0 Å². The van der Waals surface area contributed by atoms with Crippen molar-refractivity contribution in [3.05, 3.63) is 0 Å². The van der Waals surface area contributed by atoms with Crippen molar-refractivity contribution in [1.29, 1.82) is 0 Å². The highest BCUT2D eigenvalue weighted by Crippen LogP contribution is 1.98. The van der Waals surface area contributed by atoms with E-state index in [1.54, 1.807) is 0 Å². The second kappa shape index (κ2) is 7.34. The summed E-state index contributed by atoms with van der Waals surface area (Å²) < 4.78 is 0. The van der Waals surface area contributed by atoms with Crippen LogP contribution >= 0.6 is 0 Å². The number of nitrogens with one attached hydrogen (secondary N) is 1. The Kier molecular flexibility index (Phi) is 7.29. The van der Waals surface area contributed by atoms with Crippen LogP contribution in [0.25, 0.3) is 0 Å². The molecule has 13 heavy (non-hydrogen) atoms. The van der Waals surface area contributed by atoms with E-state index in [9.17, 15) is 0 Å². The summed E-state index contributed by atoms with van der Waals surface area (Å²) in [4.78, 5) is 2.42. The fraction of sp³-hybridized carbons (Fsp3) is 1.00. The molecule has 0 aromatic carbocycles. The van der Waals surface area contributed by atoms with Crippen molar-refractivity contribution in [2.45, 2.75) is 40.2 Å². The van der Waals surface area contributed by atoms with E-state index in [4.69, 9.17) is 0 Å². The van der Waals surface area contributed by atoms with Gasteiger partial charge in [-0.15, -0.1) is 0 Å². The molecule has 0 fully saturated rings. The van der Waals surface area contributed by atoms with Crippen LogP contribution in [0.5, 0.6) is 0 Å². The molecule has 0 amide bonds. The van der Waals surface area contributed by atoms with Crippen LogP contribution in [0.4, 0.5) is 0 Å². The summed E-state index contributed by atoms with van der Waals surface area (Å²) in [6.45, 7) is 12.4. The summed E-state index contributed by atoms with van der Waals surface area (Å²) >= 11 is 0. The number of hydrogen-bond donors (Lipinski definition) is 1. The van der Waals surface area contributed by atoms with E-state index in [-0.39, 0.29) is 0 Å². The van der Waals surface area contributed by atoms with Gasteiger partial charge in [0.1, 0.15) is 0 Å².